The maximum atomic E-state index is 13.3. The fourth-order valence-electron chi connectivity index (χ4n) is 3.33. The largest absolute Gasteiger partial charge is 0.245 e. The van der Waals surface area contributed by atoms with Crippen LogP contribution in [0.1, 0.15) is 22.7 Å². The lowest BCUT2D eigenvalue weighted by Crippen LogP contribution is -2.18. The Morgan fingerprint density at radius 1 is 0.846 bits per heavy atom. The molecule has 1 fully saturated rings. The van der Waals surface area contributed by atoms with Crippen molar-refractivity contribution in [3.8, 4) is 0 Å². The van der Waals surface area contributed by atoms with Gasteiger partial charge in [-0.15, -0.1) is 0 Å². The van der Waals surface area contributed by atoms with Gasteiger partial charge in [0.25, 0.3) is 0 Å². The number of hydrogen-bond donors (Lipinski definition) is 0. The molecule has 3 unspecified atom stereocenters. The van der Waals surface area contributed by atoms with E-state index in [1.54, 1.807) is 30.3 Å². The molecule has 3 nitrogen and oxygen atoms in total. The highest BCUT2D eigenvalue weighted by Crippen LogP contribution is 2.65. The number of benzene rings is 3. The minimum atomic E-state index is -3.73. The smallest absolute Gasteiger partial charge is 0.207 e. The molecule has 0 aromatic heterocycles. The van der Waals surface area contributed by atoms with E-state index < -0.39 is 21.1 Å². The van der Waals surface area contributed by atoms with Gasteiger partial charge in [0.1, 0.15) is 0 Å². The second kappa shape index (κ2) is 6.23. The Bertz CT molecular complexity index is 1020. The molecular formula is C21H18ClNO2S. The van der Waals surface area contributed by atoms with E-state index in [1.807, 2.05) is 61.5 Å². The summed E-state index contributed by atoms with van der Waals surface area (Å²) in [5, 5.41) is 0. The van der Waals surface area contributed by atoms with Crippen molar-refractivity contribution in [1.29, 1.82) is 0 Å². The number of hydrogen-bond acceptors (Lipinski definition) is 2. The molecule has 0 radical (unpaired) electrons. The first kappa shape index (κ1) is 17.3. The second-order valence-corrected chi connectivity index (χ2v) is 8.86. The van der Waals surface area contributed by atoms with E-state index in [2.05, 4.69) is 0 Å². The zero-order valence-corrected chi connectivity index (χ0v) is 15.8. The van der Waals surface area contributed by atoms with Crippen LogP contribution in [0.15, 0.2) is 89.8 Å². The molecule has 132 valence electrons. The number of alkyl halides is 1. The SMILES string of the molecule is Cc1ccc(C2N(S(=O)(=O)c3ccccc3)C2(Cl)c2ccccc2)cc1. The molecule has 26 heavy (non-hydrogen) atoms. The molecule has 1 saturated heterocycles. The lowest BCUT2D eigenvalue weighted by molar-refractivity contribution is 0.542. The maximum Gasteiger partial charge on any atom is 0.245 e. The highest BCUT2D eigenvalue weighted by Gasteiger charge is 2.69. The minimum absolute atomic E-state index is 0.246. The third kappa shape index (κ3) is 2.65. The minimum Gasteiger partial charge on any atom is -0.207 e. The van der Waals surface area contributed by atoms with Crippen molar-refractivity contribution in [3.63, 3.8) is 0 Å². The van der Waals surface area contributed by atoms with Crippen LogP contribution in [0.5, 0.6) is 0 Å². The van der Waals surface area contributed by atoms with Crippen LogP contribution in [-0.2, 0) is 15.0 Å². The Kier molecular flexibility index (Phi) is 4.14. The van der Waals surface area contributed by atoms with Crippen molar-refractivity contribution in [3.05, 3.63) is 102 Å². The third-order valence-corrected chi connectivity index (χ3v) is 7.31. The van der Waals surface area contributed by atoms with Crippen LogP contribution < -0.4 is 0 Å². The molecule has 1 heterocycles. The van der Waals surface area contributed by atoms with E-state index in [0.29, 0.717) is 0 Å². The fraction of sp³-hybridized carbons (Fsp3) is 0.143. The number of halogens is 1. The zero-order valence-electron chi connectivity index (χ0n) is 14.2. The quantitative estimate of drug-likeness (QED) is 0.367. The molecule has 3 aromatic rings. The average molecular weight is 384 g/mol. The van der Waals surface area contributed by atoms with Gasteiger partial charge in [0.05, 0.1) is 10.9 Å². The van der Waals surface area contributed by atoms with E-state index >= 15 is 0 Å². The molecule has 4 rings (SSSR count). The maximum absolute atomic E-state index is 13.3. The van der Waals surface area contributed by atoms with Gasteiger partial charge in [-0.2, -0.15) is 4.31 Å². The van der Waals surface area contributed by atoms with E-state index in [9.17, 15) is 8.42 Å². The molecule has 0 spiro atoms. The van der Waals surface area contributed by atoms with Gasteiger partial charge in [0.15, 0.2) is 5.00 Å². The van der Waals surface area contributed by atoms with Crippen LogP contribution in [-0.4, -0.2) is 12.7 Å². The molecule has 0 saturated carbocycles. The highest BCUT2D eigenvalue weighted by atomic mass is 35.5. The van der Waals surface area contributed by atoms with Gasteiger partial charge in [-0.1, -0.05) is 90.0 Å². The van der Waals surface area contributed by atoms with Gasteiger partial charge in [0, 0.05) is 0 Å². The molecule has 1 aliphatic heterocycles. The number of sulfonamides is 1. The van der Waals surface area contributed by atoms with Gasteiger partial charge >= 0.3 is 0 Å². The van der Waals surface area contributed by atoms with Crippen LogP contribution in [0.4, 0.5) is 0 Å². The molecule has 3 aromatic carbocycles. The van der Waals surface area contributed by atoms with Crippen LogP contribution >= 0.6 is 11.6 Å². The van der Waals surface area contributed by atoms with Crippen molar-refractivity contribution >= 4 is 21.6 Å². The van der Waals surface area contributed by atoms with Gasteiger partial charge in [-0.05, 0) is 30.2 Å². The normalized spacial score (nSPS) is 25.0. The molecule has 0 aliphatic carbocycles. The molecule has 0 N–H and O–H groups in total. The summed E-state index contributed by atoms with van der Waals surface area (Å²) in [6, 6.07) is 25.2. The summed E-state index contributed by atoms with van der Waals surface area (Å²) < 4.78 is 28.0. The Morgan fingerprint density at radius 3 is 1.96 bits per heavy atom. The summed E-state index contributed by atoms with van der Waals surface area (Å²) in [6.07, 6.45) is 0. The fourth-order valence-corrected chi connectivity index (χ4v) is 5.85. The summed E-state index contributed by atoms with van der Waals surface area (Å²) >= 11 is 6.96. The predicted molar refractivity (Wildman–Crippen MR) is 103 cm³/mol. The topological polar surface area (TPSA) is 37.1 Å². The number of nitrogens with zero attached hydrogens (tertiary/aromatic N) is 1. The number of aryl methyl sites for hydroxylation is 1. The Morgan fingerprint density at radius 2 is 1.38 bits per heavy atom. The first-order valence-electron chi connectivity index (χ1n) is 8.36. The molecular weight excluding hydrogens is 366 g/mol. The first-order chi connectivity index (χ1) is 12.5. The van der Waals surface area contributed by atoms with Crippen molar-refractivity contribution in [2.24, 2.45) is 0 Å². The Hall–Kier alpha value is -2.14. The predicted octanol–water partition coefficient (Wildman–Crippen LogP) is 4.83. The van der Waals surface area contributed by atoms with E-state index in [4.69, 9.17) is 11.6 Å². The summed E-state index contributed by atoms with van der Waals surface area (Å²) in [4.78, 5) is -0.874. The standard InChI is InChI=1S/C21H18ClNO2S/c1-16-12-14-17(15-13-16)20-21(22,18-8-4-2-5-9-18)23(20)26(24,25)19-10-6-3-7-11-19/h2-15,20H,1H3. The van der Waals surface area contributed by atoms with Crippen LogP contribution in [0.2, 0.25) is 0 Å². The summed E-state index contributed by atoms with van der Waals surface area (Å²) in [5.74, 6) is 0. The highest BCUT2D eigenvalue weighted by molar-refractivity contribution is 7.89. The first-order valence-corrected chi connectivity index (χ1v) is 10.2. The molecule has 0 amide bonds. The van der Waals surface area contributed by atoms with Crippen molar-refractivity contribution in [2.75, 3.05) is 0 Å². The van der Waals surface area contributed by atoms with Gasteiger partial charge in [-0.3, -0.25) is 0 Å². The molecule has 5 heteroatoms. The summed E-state index contributed by atoms with van der Waals surface area (Å²) in [5.41, 5.74) is 2.77. The van der Waals surface area contributed by atoms with Gasteiger partial charge in [0.2, 0.25) is 10.0 Å². The Balaban J connectivity index is 1.84. The second-order valence-electron chi connectivity index (χ2n) is 6.47. The van der Waals surface area contributed by atoms with E-state index in [1.165, 1.54) is 4.31 Å². The number of rotatable bonds is 4. The lowest BCUT2D eigenvalue weighted by atomic mass is 10.0. The van der Waals surface area contributed by atoms with E-state index in [0.717, 1.165) is 16.7 Å². The molecule has 0 bridgehead atoms. The van der Waals surface area contributed by atoms with Crippen LogP contribution in [0, 0.1) is 6.92 Å². The molecule has 1 aliphatic rings. The van der Waals surface area contributed by atoms with Gasteiger partial charge in [-0.25, -0.2) is 8.42 Å². The van der Waals surface area contributed by atoms with Crippen LogP contribution in [0.3, 0.4) is 0 Å². The average Bonchev–Trinajstić information content (AvgIpc) is 3.32. The third-order valence-electron chi connectivity index (χ3n) is 4.72. The zero-order chi connectivity index (χ0) is 18.4. The van der Waals surface area contributed by atoms with Gasteiger partial charge < -0.3 is 0 Å². The Labute approximate surface area is 158 Å². The monoisotopic (exact) mass is 383 g/mol. The van der Waals surface area contributed by atoms with E-state index in [-0.39, 0.29) is 4.90 Å². The van der Waals surface area contributed by atoms with Crippen molar-refractivity contribution in [2.45, 2.75) is 22.9 Å². The lowest BCUT2D eigenvalue weighted by Gasteiger charge is -2.11. The van der Waals surface area contributed by atoms with Crippen molar-refractivity contribution < 1.29 is 8.42 Å². The van der Waals surface area contributed by atoms with Crippen LogP contribution in [0.25, 0.3) is 0 Å². The van der Waals surface area contributed by atoms with Crippen molar-refractivity contribution in [1.82, 2.24) is 4.31 Å². The summed E-state index contributed by atoms with van der Waals surface area (Å²) in [7, 11) is -3.73. The summed E-state index contributed by atoms with van der Waals surface area (Å²) in [6.45, 7) is 2.00. The molecule has 3 atom stereocenters.